The molecule has 0 aliphatic rings. The predicted octanol–water partition coefficient (Wildman–Crippen LogP) is -3.56. The molecule has 0 spiro atoms. The highest BCUT2D eigenvalue weighted by Gasteiger charge is 2.30. The Morgan fingerprint density at radius 2 is 1.18 bits per heavy atom. The zero-order valence-corrected chi connectivity index (χ0v) is 19.7. The molecule has 0 aliphatic carbocycles. The van der Waals surface area contributed by atoms with Crippen molar-refractivity contribution in [3.8, 4) is 0 Å². The lowest BCUT2D eigenvalue weighted by Crippen LogP contribution is -2.57. The molecule has 0 saturated carbocycles. The quantitative estimate of drug-likeness (QED) is 0.0658. The van der Waals surface area contributed by atoms with E-state index in [4.69, 9.17) is 22.9 Å². The molecule has 0 aromatic heterocycles. The van der Waals surface area contributed by atoms with Crippen LogP contribution in [0.2, 0.25) is 0 Å². The summed E-state index contributed by atoms with van der Waals surface area (Å²) in [6, 6.07) is -4.91. The molecule has 34 heavy (non-hydrogen) atoms. The second kappa shape index (κ2) is 16.7. The summed E-state index contributed by atoms with van der Waals surface area (Å²) in [5, 5.41) is 16.4. The SMILES string of the molecule is NCCCCC(NC(=O)C(CCC(N)=O)NC(=O)C(CCC(N)=O)NC(=O)C(N)CS)C(=O)O. The van der Waals surface area contributed by atoms with E-state index in [-0.39, 0.29) is 37.9 Å². The monoisotopic (exact) mass is 505 g/mol. The molecule has 4 atom stereocenters. The number of thiol groups is 1. The first-order valence-electron chi connectivity index (χ1n) is 10.7. The average molecular weight is 506 g/mol. The molecular weight excluding hydrogens is 470 g/mol. The van der Waals surface area contributed by atoms with E-state index in [0.717, 1.165) is 0 Å². The van der Waals surface area contributed by atoms with Gasteiger partial charge in [-0.25, -0.2) is 4.79 Å². The molecule has 14 nitrogen and oxygen atoms in total. The molecule has 0 saturated heterocycles. The van der Waals surface area contributed by atoms with E-state index in [9.17, 15) is 33.9 Å². The predicted molar refractivity (Wildman–Crippen MR) is 125 cm³/mol. The number of carboxylic acids is 1. The molecule has 15 heteroatoms. The number of nitrogens with two attached hydrogens (primary N) is 4. The van der Waals surface area contributed by atoms with Crippen molar-refractivity contribution in [2.45, 2.75) is 69.1 Å². The van der Waals surface area contributed by atoms with Crippen molar-refractivity contribution in [3.05, 3.63) is 0 Å². The van der Waals surface area contributed by atoms with Gasteiger partial charge in [-0.1, -0.05) is 0 Å². The minimum Gasteiger partial charge on any atom is -0.480 e. The van der Waals surface area contributed by atoms with E-state index in [1.165, 1.54) is 0 Å². The lowest BCUT2D eigenvalue weighted by molar-refractivity contribution is -0.142. The van der Waals surface area contributed by atoms with Gasteiger partial charge in [0.05, 0.1) is 6.04 Å². The van der Waals surface area contributed by atoms with Gasteiger partial charge in [-0.05, 0) is 38.6 Å². The van der Waals surface area contributed by atoms with Crippen LogP contribution >= 0.6 is 12.6 Å². The van der Waals surface area contributed by atoms with Crippen molar-refractivity contribution >= 4 is 48.1 Å². The van der Waals surface area contributed by atoms with Crippen molar-refractivity contribution < 1.29 is 33.9 Å². The van der Waals surface area contributed by atoms with Crippen LogP contribution < -0.4 is 38.9 Å². The molecule has 0 bridgehead atoms. The van der Waals surface area contributed by atoms with Gasteiger partial charge in [0.2, 0.25) is 29.5 Å². The first kappa shape index (κ1) is 31.1. The zero-order valence-electron chi connectivity index (χ0n) is 18.8. The minimum atomic E-state index is -1.34. The van der Waals surface area contributed by atoms with E-state index in [2.05, 4.69) is 28.6 Å². The van der Waals surface area contributed by atoms with Gasteiger partial charge in [0.1, 0.15) is 18.1 Å². The lowest BCUT2D eigenvalue weighted by atomic mass is 10.0. The lowest BCUT2D eigenvalue weighted by Gasteiger charge is -2.25. The van der Waals surface area contributed by atoms with Gasteiger partial charge in [-0.2, -0.15) is 12.6 Å². The van der Waals surface area contributed by atoms with Gasteiger partial charge in [0.15, 0.2) is 0 Å². The Morgan fingerprint density at radius 3 is 1.56 bits per heavy atom. The standard InChI is InChI=1S/C19H35N7O7S/c20-8-2-1-3-13(19(32)33)26-18(31)12(5-7-15(23)28)25-17(30)11(4-6-14(22)27)24-16(29)10(21)9-34/h10-13,34H,1-9,20-21H2,(H2,22,27)(H2,23,28)(H,24,29)(H,25,30)(H,26,31)(H,32,33). The summed E-state index contributed by atoms with van der Waals surface area (Å²) in [4.78, 5) is 71.6. The third kappa shape index (κ3) is 13.0. The smallest absolute Gasteiger partial charge is 0.326 e. The van der Waals surface area contributed by atoms with Crippen LogP contribution in [0.25, 0.3) is 0 Å². The molecule has 12 N–H and O–H groups in total. The second-order valence-corrected chi connectivity index (χ2v) is 7.97. The van der Waals surface area contributed by atoms with Crippen LogP contribution in [0.3, 0.4) is 0 Å². The highest BCUT2D eigenvalue weighted by atomic mass is 32.1. The molecule has 0 rings (SSSR count). The summed E-state index contributed by atoms with van der Waals surface area (Å²) in [5.41, 5.74) is 21.3. The Hall–Kier alpha value is -2.91. The van der Waals surface area contributed by atoms with Gasteiger partial charge in [0, 0.05) is 18.6 Å². The number of primary amides is 2. The number of unbranched alkanes of at least 4 members (excludes halogenated alkanes) is 1. The van der Waals surface area contributed by atoms with Crippen LogP contribution in [0.1, 0.15) is 44.9 Å². The van der Waals surface area contributed by atoms with Gasteiger partial charge in [-0.15, -0.1) is 0 Å². The fourth-order valence-corrected chi connectivity index (χ4v) is 2.93. The Labute approximate surface area is 202 Å². The number of carbonyl (C=O) groups is 6. The van der Waals surface area contributed by atoms with Gasteiger partial charge in [-0.3, -0.25) is 24.0 Å². The second-order valence-electron chi connectivity index (χ2n) is 7.61. The number of carboxylic acid groups (broad SMARTS) is 1. The summed E-state index contributed by atoms with van der Waals surface area (Å²) < 4.78 is 0. The molecule has 0 heterocycles. The summed E-state index contributed by atoms with van der Waals surface area (Å²) >= 11 is 3.91. The van der Waals surface area contributed by atoms with Crippen molar-refractivity contribution in [2.24, 2.45) is 22.9 Å². The Bertz CT molecular complexity index is 738. The largest absolute Gasteiger partial charge is 0.480 e. The van der Waals surface area contributed by atoms with Gasteiger partial charge < -0.3 is 44.0 Å². The number of amides is 5. The summed E-state index contributed by atoms with van der Waals surface area (Å²) in [5.74, 6) is -5.21. The topological polar surface area (TPSA) is 263 Å². The molecule has 194 valence electrons. The maximum absolute atomic E-state index is 12.8. The summed E-state index contributed by atoms with van der Waals surface area (Å²) in [7, 11) is 0. The zero-order chi connectivity index (χ0) is 26.3. The number of rotatable bonds is 18. The molecule has 0 fully saturated rings. The number of nitrogens with one attached hydrogen (secondary N) is 3. The molecule has 0 aromatic carbocycles. The van der Waals surface area contributed by atoms with Crippen molar-refractivity contribution in [1.82, 2.24) is 16.0 Å². The highest BCUT2D eigenvalue weighted by Crippen LogP contribution is 2.06. The molecule has 0 aromatic rings. The van der Waals surface area contributed by atoms with E-state index >= 15 is 0 Å². The molecular formula is C19H35N7O7S. The number of hydrogen-bond donors (Lipinski definition) is 9. The first-order chi connectivity index (χ1) is 15.9. The normalized spacial score (nSPS) is 14.2. The number of hydrogen-bond acceptors (Lipinski definition) is 9. The maximum atomic E-state index is 12.8. The fourth-order valence-electron chi connectivity index (χ4n) is 2.77. The highest BCUT2D eigenvalue weighted by molar-refractivity contribution is 7.80. The number of aliphatic carboxylic acids is 1. The van der Waals surface area contributed by atoms with Crippen LogP contribution in [0.4, 0.5) is 0 Å². The minimum absolute atomic E-state index is 0.0135. The van der Waals surface area contributed by atoms with Crippen molar-refractivity contribution in [1.29, 1.82) is 0 Å². The number of carbonyl (C=O) groups excluding carboxylic acids is 5. The third-order valence-corrected chi connectivity index (χ3v) is 5.11. The molecule has 0 aliphatic heterocycles. The van der Waals surface area contributed by atoms with Gasteiger partial charge >= 0.3 is 5.97 Å². The van der Waals surface area contributed by atoms with Crippen LogP contribution in [-0.2, 0) is 28.8 Å². The third-order valence-electron chi connectivity index (χ3n) is 4.72. The maximum Gasteiger partial charge on any atom is 0.326 e. The summed E-state index contributed by atoms with van der Waals surface area (Å²) in [6.45, 7) is 0.354. The Morgan fingerprint density at radius 1 is 0.735 bits per heavy atom. The first-order valence-corrected chi connectivity index (χ1v) is 11.3. The van der Waals surface area contributed by atoms with Crippen molar-refractivity contribution in [2.75, 3.05) is 12.3 Å². The van der Waals surface area contributed by atoms with E-state index < -0.39 is 59.7 Å². The van der Waals surface area contributed by atoms with Gasteiger partial charge in [0.25, 0.3) is 0 Å². The average Bonchev–Trinajstić information content (AvgIpc) is 2.77. The molecule has 5 amide bonds. The van der Waals surface area contributed by atoms with Crippen LogP contribution in [-0.4, -0.2) is 77.1 Å². The van der Waals surface area contributed by atoms with E-state index in [1.54, 1.807) is 0 Å². The van der Waals surface area contributed by atoms with Crippen LogP contribution in [0, 0.1) is 0 Å². The molecule has 0 radical (unpaired) electrons. The summed E-state index contributed by atoms with van der Waals surface area (Å²) in [6.07, 6.45) is 0.145. The van der Waals surface area contributed by atoms with E-state index in [0.29, 0.717) is 19.4 Å². The molecule has 4 unspecified atom stereocenters. The van der Waals surface area contributed by atoms with Crippen LogP contribution in [0.5, 0.6) is 0 Å². The Balaban J connectivity index is 5.53. The fraction of sp³-hybridized carbons (Fsp3) is 0.684. The van der Waals surface area contributed by atoms with Crippen LogP contribution in [0.15, 0.2) is 0 Å². The Kier molecular flexibility index (Phi) is 15.2. The van der Waals surface area contributed by atoms with E-state index in [1.807, 2.05) is 0 Å². The van der Waals surface area contributed by atoms with Crippen molar-refractivity contribution in [3.63, 3.8) is 0 Å².